The number of carbonyl (C=O) groups excluding carboxylic acids is 1. The number of benzene rings is 2. The smallest absolute Gasteiger partial charge is 0.255 e. The van der Waals surface area contributed by atoms with E-state index in [-0.39, 0.29) is 24.0 Å². The maximum atomic E-state index is 13.2. The Hall–Kier alpha value is -2.88. The van der Waals surface area contributed by atoms with E-state index in [9.17, 15) is 18.3 Å². The number of fused-ring (bicyclic) bond motifs is 1. The molecule has 4 rings (SSSR count). The Morgan fingerprint density at radius 3 is 2.61 bits per heavy atom. The summed E-state index contributed by atoms with van der Waals surface area (Å²) in [4.78, 5) is 13.4. The quantitative estimate of drug-likeness (QED) is 0.542. The molecule has 9 heteroatoms. The third-order valence-electron chi connectivity index (χ3n) is 5.96. The van der Waals surface area contributed by atoms with Crippen LogP contribution in [0, 0.1) is 6.92 Å². The molecule has 0 unspecified atom stereocenters. The maximum absolute atomic E-state index is 13.2. The van der Waals surface area contributed by atoms with Gasteiger partial charge >= 0.3 is 0 Å². The normalized spacial score (nSPS) is 16.0. The van der Waals surface area contributed by atoms with Gasteiger partial charge in [0.05, 0.1) is 22.6 Å². The van der Waals surface area contributed by atoms with Crippen LogP contribution in [-0.2, 0) is 21.2 Å². The lowest BCUT2D eigenvalue weighted by molar-refractivity contribution is 0.0125. The van der Waals surface area contributed by atoms with Crippen LogP contribution >= 0.6 is 0 Å². The van der Waals surface area contributed by atoms with Gasteiger partial charge in [0, 0.05) is 30.4 Å². The molecular weight excluding hydrogens is 446 g/mol. The van der Waals surface area contributed by atoms with Crippen molar-refractivity contribution in [1.29, 1.82) is 0 Å². The van der Waals surface area contributed by atoms with Gasteiger partial charge in [0.25, 0.3) is 5.91 Å². The summed E-state index contributed by atoms with van der Waals surface area (Å²) in [6.45, 7) is 2.54. The first-order valence-electron chi connectivity index (χ1n) is 10.7. The molecule has 1 saturated heterocycles. The second kappa shape index (κ2) is 9.17. The molecule has 33 heavy (non-hydrogen) atoms. The van der Waals surface area contributed by atoms with Gasteiger partial charge in [0.15, 0.2) is 9.84 Å². The predicted octanol–water partition coefficient (Wildman–Crippen LogP) is 3.00. The Kier molecular flexibility index (Phi) is 6.47. The molecule has 1 aliphatic rings. The molecule has 1 fully saturated rings. The van der Waals surface area contributed by atoms with Crippen LogP contribution in [0.4, 0.5) is 0 Å². The standard InChI is InChI=1S/C24H27NO7S/c1-16-22(23(27)25-24(15-26)9-11-30-12-10-24)19-13-18(7-8-20(19)32-16)31-14-17-5-3-4-6-21(17)33(2,28)29/h3-8,13,26H,9-12,14-15H2,1-2H3,(H,25,27). The molecule has 1 aliphatic heterocycles. The Bertz CT molecular complexity index is 1270. The first-order valence-corrected chi connectivity index (χ1v) is 12.6. The van der Waals surface area contributed by atoms with Gasteiger partial charge in [-0.2, -0.15) is 0 Å². The summed E-state index contributed by atoms with van der Waals surface area (Å²) in [5, 5.41) is 13.5. The van der Waals surface area contributed by atoms with Crippen LogP contribution in [0.2, 0.25) is 0 Å². The van der Waals surface area contributed by atoms with Crippen LogP contribution in [0.5, 0.6) is 5.75 Å². The molecule has 0 aliphatic carbocycles. The SMILES string of the molecule is Cc1oc2ccc(OCc3ccccc3S(C)(=O)=O)cc2c1C(=O)NC1(CO)CCOCC1. The fourth-order valence-corrected chi connectivity index (χ4v) is 5.03. The second-order valence-corrected chi connectivity index (χ2v) is 10.3. The fraction of sp³-hybridized carbons (Fsp3) is 0.375. The molecule has 0 saturated carbocycles. The van der Waals surface area contributed by atoms with Crippen molar-refractivity contribution in [3.05, 3.63) is 59.4 Å². The number of nitrogens with one attached hydrogen (secondary N) is 1. The van der Waals surface area contributed by atoms with Crippen molar-refractivity contribution in [2.45, 2.75) is 36.8 Å². The number of ether oxygens (including phenoxy) is 2. The summed E-state index contributed by atoms with van der Waals surface area (Å²) in [5.41, 5.74) is 0.734. The highest BCUT2D eigenvalue weighted by Gasteiger charge is 2.35. The third kappa shape index (κ3) is 4.90. The minimum absolute atomic E-state index is 0.0563. The van der Waals surface area contributed by atoms with Gasteiger partial charge in [0.1, 0.15) is 23.7 Å². The molecule has 3 aromatic rings. The summed E-state index contributed by atoms with van der Waals surface area (Å²) >= 11 is 0. The van der Waals surface area contributed by atoms with Crippen molar-refractivity contribution in [1.82, 2.24) is 5.32 Å². The molecular formula is C24H27NO7S. The third-order valence-corrected chi connectivity index (χ3v) is 7.16. The van der Waals surface area contributed by atoms with Crippen molar-refractivity contribution in [2.24, 2.45) is 0 Å². The van der Waals surface area contributed by atoms with Crippen molar-refractivity contribution in [3.63, 3.8) is 0 Å². The number of hydrogen-bond donors (Lipinski definition) is 2. The number of sulfone groups is 1. The largest absolute Gasteiger partial charge is 0.489 e. The number of aliphatic hydroxyl groups is 1. The molecule has 0 spiro atoms. The summed E-state index contributed by atoms with van der Waals surface area (Å²) in [6.07, 6.45) is 2.21. The van der Waals surface area contributed by atoms with Crippen LogP contribution in [-0.4, -0.2) is 51.0 Å². The maximum Gasteiger partial charge on any atom is 0.255 e. The number of rotatable bonds is 7. The van der Waals surface area contributed by atoms with Crippen LogP contribution in [0.25, 0.3) is 11.0 Å². The van der Waals surface area contributed by atoms with E-state index in [1.54, 1.807) is 49.4 Å². The molecule has 2 aromatic carbocycles. The van der Waals surface area contributed by atoms with Crippen molar-refractivity contribution >= 4 is 26.7 Å². The summed E-state index contributed by atoms with van der Waals surface area (Å²) < 4.78 is 41.1. The van der Waals surface area contributed by atoms with Gasteiger partial charge in [-0.3, -0.25) is 4.79 Å². The summed E-state index contributed by atoms with van der Waals surface area (Å²) in [6, 6.07) is 11.8. The molecule has 8 nitrogen and oxygen atoms in total. The minimum Gasteiger partial charge on any atom is -0.489 e. The minimum atomic E-state index is -3.39. The Balaban J connectivity index is 1.60. The van der Waals surface area contributed by atoms with Crippen LogP contribution in [0.3, 0.4) is 0 Å². The monoisotopic (exact) mass is 473 g/mol. The van der Waals surface area contributed by atoms with Gasteiger partial charge in [-0.1, -0.05) is 18.2 Å². The lowest BCUT2D eigenvalue weighted by atomic mass is 9.90. The summed E-state index contributed by atoms with van der Waals surface area (Å²) in [5.74, 6) is 0.604. The second-order valence-electron chi connectivity index (χ2n) is 8.36. The van der Waals surface area contributed by atoms with E-state index in [2.05, 4.69) is 5.32 Å². The molecule has 1 amide bonds. The topological polar surface area (TPSA) is 115 Å². The Morgan fingerprint density at radius 2 is 1.91 bits per heavy atom. The molecule has 2 N–H and O–H groups in total. The lowest BCUT2D eigenvalue weighted by Gasteiger charge is -2.36. The first kappa shape index (κ1) is 23.3. The van der Waals surface area contributed by atoms with E-state index in [4.69, 9.17) is 13.9 Å². The molecule has 176 valence electrons. The van der Waals surface area contributed by atoms with Crippen molar-refractivity contribution < 1.29 is 32.2 Å². The van der Waals surface area contributed by atoms with Gasteiger partial charge in [-0.05, 0) is 44.0 Å². The van der Waals surface area contributed by atoms with Crippen molar-refractivity contribution in [3.8, 4) is 5.75 Å². The van der Waals surface area contributed by atoms with Gasteiger partial charge in [-0.25, -0.2) is 8.42 Å². The van der Waals surface area contributed by atoms with Crippen LogP contribution < -0.4 is 10.1 Å². The van der Waals surface area contributed by atoms with Crippen LogP contribution in [0.1, 0.15) is 34.5 Å². The van der Waals surface area contributed by atoms with Crippen molar-refractivity contribution in [2.75, 3.05) is 26.1 Å². The van der Waals surface area contributed by atoms with E-state index < -0.39 is 15.4 Å². The van der Waals surface area contributed by atoms with E-state index in [0.29, 0.717) is 59.7 Å². The summed E-state index contributed by atoms with van der Waals surface area (Å²) in [7, 11) is -3.39. The first-order chi connectivity index (χ1) is 15.7. The number of amides is 1. The fourth-order valence-electron chi connectivity index (χ4n) is 4.11. The van der Waals surface area contributed by atoms with E-state index in [1.807, 2.05) is 0 Å². The highest BCUT2D eigenvalue weighted by molar-refractivity contribution is 7.90. The highest BCUT2D eigenvalue weighted by atomic mass is 32.2. The molecule has 0 radical (unpaired) electrons. The number of furan rings is 1. The zero-order chi connectivity index (χ0) is 23.6. The average Bonchev–Trinajstić information content (AvgIpc) is 3.13. The molecule has 1 aromatic heterocycles. The Morgan fingerprint density at radius 1 is 1.18 bits per heavy atom. The molecule has 2 heterocycles. The number of hydrogen-bond acceptors (Lipinski definition) is 7. The predicted molar refractivity (Wildman–Crippen MR) is 122 cm³/mol. The number of aryl methyl sites for hydroxylation is 1. The van der Waals surface area contributed by atoms with Gasteiger partial charge < -0.3 is 24.3 Å². The van der Waals surface area contributed by atoms with E-state index >= 15 is 0 Å². The highest BCUT2D eigenvalue weighted by Crippen LogP contribution is 2.31. The molecule has 0 atom stereocenters. The molecule has 0 bridgehead atoms. The number of aliphatic hydroxyl groups excluding tert-OH is 1. The number of carbonyl (C=O) groups is 1. The lowest BCUT2D eigenvalue weighted by Crippen LogP contribution is -2.54. The van der Waals surface area contributed by atoms with E-state index in [1.165, 1.54) is 0 Å². The van der Waals surface area contributed by atoms with Gasteiger partial charge in [-0.15, -0.1) is 0 Å². The average molecular weight is 474 g/mol. The zero-order valence-electron chi connectivity index (χ0n) is 18.6. The van der Waals surface area contributed by atoms with Gasteiger partial charge in [0.2, 0.25) is 0 Å². The van der Waals surface area contributed by atoms with E-state index in [0.717, 1.165) is 6.26 Å². The Labute approximate surface area is 192 Å². The zero-order valence-corrected chi connectivity index (χ0v) is 19.4. The van der Waals surface area contributed by atoms with Crippen LogP contribution in [0.15, 0.2) is 51.8 Å².